The number of halogens is 1. The fourth-order valence-electron chi connectivity index (χ4n) is 3.54. The van der Waals surface area contributed by atoms with Crippen LogP contribution in [0.15, 0.2) is 63.0 Å². The lowest BCUT2D eigenvalue weighted by atomic mass is 9.97. The van der Waals surface area contributed by atoms with Gasteiger partial charge in [0.2, 0.25) is 0 Å². The van der Waals surface area contributed by atoms with Crippen molar-refractivity contribution < 1.29 is 29.2 Å². The lowest BCUT2D eigenvalue weighted by molar-refractivity contribution is -0.297. The molecule has 2 heterocycles. The van der Waals surface area contributed by atoms with Crippen LogP contribution >= 0.6 is 27.7 Å². The number of aromatic carboxylic acids is 1. The molecule has 2 aliphatic rings. The number of fused-ring (bicyclic) bond motifs is 1. The summed E-state index contributed by atoms with van der Waals surface area (Å²) in [7, 11) is 0. The zero-order chi connectivity index (χ0) is 22.0. The van der Waals surface area contributed by atoms with Crippen molar-refractivity contribution in [2.45, 2.75) is 41.0 Å². The molecule has 2 aromatic carbocycles. The van der Waals surface area contributed by atoms with Crippen LogP contribution in [0.2, 0.25) is 0 Å². The Balaban J connectivity index is 1.58. The van der Waals surface area contributed by atoms with Gasteiger partial charge in [-0.25, -0.2) is 4.79 Å². The van der Waals surface area contributed by atoms with Crippen LogP contribution in [0.5, 0.6) is 0 Å². The standard InChI is InChI=1S/C20H18BrN3O6S/c21-11-6-7-12(18(26)27)14(8-11)31-20-16(25)15(23-24-22)17-13(29-20)9-28-19(30-17)10-4-2-1-3-5-10/h1-8,13,15-17,19-20,25H,9H2,(H,26,27)/t13-,15-,16-,17+,19?,20-/m1/s1. The summed E-state index contributed by atoms with van der Waals surface area (Å²) in [6.07, 6.45) is -3.22. The first-order chi connectivity index (χ1) is 15.0. The van der Waals surface area contributed by atoms with Gasteiger partial charge in [-0.2, -0.15) is 0 Å². The van der Waals surface area contributed by atoms with E-state index in [1.165, 1.54) is 6.07 Å². The van der Waals surface area contributed by atoms with Crippen LogP contribution in [0.25, 0.3) is 10.4 Å². The molecule has 0 saturated carbocycles. The number of rotatable bonds is 5. The fraction of sp³-hybridized carbons (Fsp3) is 0.350. The number of nitrogens with zero attached hydrogens (tertiary/aromatic N) is 3. The fourth-order valence-corrected chi connectivity index (χ4v) is 5.28. The number of azide groups is 1. The summed E-state index contributed by atoms with van der Waals surface area (Å²) >= 11 is 4.38. The molecule has 0 aromatic heterocycles. The van der Waals surface area contributed by atoms with Gasteiger partial charge in [0.15, 0.2) is 6.29 Å². The summed E-state index contributed by atoms with van der Waals surface area (Å²) < 4.78 is 18.5. The Hall–Kier alpha value is -2.11. The average molecular weight is 508 g/mol. The van der Waals surface area contributed by atoms with Crippen LogP contribution in [0, 0.1) is 0 Å². The molecular weight excluding hydrogens is 490 g/mol. The van der Waals surface area contributed by atoms with Crippen molar-refractivity contribution in [2.75, 3.05) is 6.61 Å². The molecular formula is C20H18BrN3O6S. The van der Waals surface area contributed by atoms with E-state index in [0.29, 0.717) is 9.37 Å². The zero-order valence-corrected chi connectivity index (χ0v) is 18.3. The number of hydrogen-bond donors (Lipinski definition) is 2. The van der Waals surface area contributed by atoms with Crippen molar-refractivity contribution in [2.24, 2.45) is 5.11 Å². The van der Waals surface area contributed by atoms with Gasteiger partial charge in [-0.3, -0.25) is 0 Å². The molecule has 2 saturated heterocycles. The largest absolute Gasteiger partial charge is 0.478 e. The van der Waals surface area contributed by atoms with E-state index in [9.17, 15) is 15.0 Å². The normalized spacial score (nSPS) is 30.1. The van der Waals surface area contributed by atoms with Gasteiger partial charge in [-0.15, -0.1) is 0 Å². The molecule has 2 aliphatic heterocycles. The number of aliphatic hydroxyl groups is 1. The van der Waals surface area contributed by atoms with E-state index in [0.717, 1.165) is 17.3 Å². The lowest BCUT2D eigenvalue weighted by Crippen LogP contribution is -2.60. The molecule has 0 radical (unpaired) electrons. The van der Waals surface area contributed by atoms with Gasteiger partial charge in [0.1, 0.15) is 23.7 Å². The van der Waals surface area contributed by atoms with Gasteiger partial charge in [0, 0.05) is 19.8 Å². The van der Waals surface area contributed by atoms with Crippen LogP contribution in [-0.2, 0) is 14.2 Å². The topological polar surface area (TPSA) is 134 Å². The number of ether oxygens (including phenoxy) is 3. The molecule has 31 heavy (non-hydrogen) atoms. The molecule has 0 amide bonds. The highest BCUT2D eigenvalue weighted by molar-refractivity contribution is 9.10. The van der Waals surface area contributed by atoms with Crippen LogP contribution in [-0.4, -0.2) is 52.6 Å². The number of carboxylic acids is 1. The van der Waals surface area contributed by atoms with Gasteiger partial charge in [0.05, 0.1) is 18.2 Å². The van der Waals surface area contributed by atoms with Crippen molar-refractivity contribution in [3.8, 4) is 0 Å². The monoisotopic (exact) mass is 507 g/mol. The van der Waals surface area contributed by atoms with E-state index in [-0.39, 0.29) is 12.2 Å². The summed E-state index contributed by atoms with van der Waals surface area (Å²) in [5.41, 5.74) is 9.06. The van der Waals surface area contributed by atoms with Gasteiger partial charge in [-0.1, -0.05) is 63.1 Å². The van der Waals surface area contributed by atoms with Crippen molar-refractivity contribution >= 4 is 33.7 Å². The van der Waals surface area contributed by atoms with Crippen molar-refractivity contribution in [3.63, 3.8) is 0 Å². The summed E-state index contributed by atoms with van der Waals surface area (Å²) in [4.78, 5) is 14.9. The lowest BCUT2D eigenvalue weighted by Gasteiger charge is -2.46. The molecule has 2 aromatic rings. The van der Waals surface area contributed by atoms with E-state index < -0.39 is 42.0 Å². The Bertz CT molecular complexity index is 1010. The minimum Gasteiger partial charge on any atom is -0.478 e. The first-order valence-corrected chi connectivity index (χ1v) is 11.0. The van der Waals surface area contributed by atoms with E-state index in [4.69, 9.17) is 19.7 Å². The second kappa shape index (κ2) is 9.58. The second-order valence-corrected chi connectivity index (χ2v) is 9.02. The Morgan fingerprint density at radius 2 is 2.00 bits per heavy atom. The molecule has 4 rings (SSSR count). The summed E-state index contributed by atoms with van der Waals surface area (Å²) in [6.45, 7) is 0.162. The molecule has 2 fully saturated rings. The van der Waals surface area contributed by atoms with E-state index in [1.807, 2.05) is 30.3 Å². The third-order valence-electron chi connectivity index (χ3n) is 5.01. The maximum absolute atomic E-state index is 11.6. The minimum absolute atomic E-state index is 0.0757. The maximum Gasteiger partial charge on any atom is 0.336 e. The number of carbonyl (C=O) groups is 1. The van der Waals surface area contributed by atoms with E-state index in [1.54, 1.807) is 12.1 Å². The molecule has 2 N–H and O–H groups in total. The molecule has 1 unspecified atom stereocenters. The second-order valence-electron chi connectivity index (χ2n) is 6.97. The average Bonchev–Trinajstić information content (AvgIpc) is 2.77. The van der Waals surface area contributed by atoms with Gasteiger partial charge in [0.25, 0.3) is 0 Å². The quantitative estimate of drug-likeness (QED) is 0.353. The first-order valence-electron chi connectivity index (χ1n) is 9.37. The maximum atomic E-state index is 11.6. The van der Waals surface area contributed by atoms with Crippen molar-refractivity contribution in [1.82, 2.24) is 0 Å². The van der Waals surface area contributed by atoms with Gasteiger partial charge in [-0.05, 0) is 23.7 Å². The Morgan fingerprint density at radius 3 is 2.71 bits per heavy atom. The first kappa shape index (κ1) is 22.1. The van der Waals surface area contributed by atoms with Crippen LogP contribution in [0.4, 0.5) is 0 Å². The number of thioether (sulfide) groups is 1. The highest BCUT2D eigenvalue weighted by Gasteiger charge is 2.49. The summed E-state index contributed by atoms with van der Waals surface area (Å²) in [5.74, 6) is -1.10. The van der Waals surface area contributed by atoms with Crippen molar-refractivity contribution in [3.05, 3.63) is 74.6 Å². The highest BCUT2D eigenvalue weighted by Crippen LogP contribution is 2.41. The molecule has 11 heteroatoms. The van der Waals surface area contributed by atoms with E-state index >= 15 is 0 Å². The molecule has 0 spiro atoms. The van der Waals surface area contributed by atoms with Gasteiger partial charge >= 0.3 is 5.97 Å². The Morgan fingerprint density at radius 1 is 1.23 bits per heavy atom. The highest BCUT2D eigenvalue weighted by atomic mass is 79.9. The summed E-state index contributed by atoms with van der Waals surface area (Å²) in [6, 6.07) is 13.1. The molecule has 162 valence electrons. The number of hydrogen-bond acceptors (Lipinski definition) is 7. The van der Waals surface area contributed by atoms with Crippen LogP contribution < -0.4 is 0 Å². The number of aliphatic hydroxyl groups excluding tert-OH is 1. The molecule has 0 bridgehead atoms. The zero-order valence-electron chi connectivity index (χ0n) is 15.9. The Kier molecular flexibility index (Phi) is 6.83. The molecule has 6 atom stereocenters. The van der Waals surface area contributed by atoms with Crippen LogP contribution in [0.1, 0.15) is 22.2 Å². The number of benzene rings is 2. The summed E-state index contributed by atoms with van der Waals surface area (Å²) in [5, 5.41) is 24.2. The Labute approximate surface area is 190 Å². The van der Waals surface area contributed by atoms with Gasteiger partial charge < -0.3 is 24.4 Å². The van der Waals surface area contributed by atoms with Crippen LogP contribution in [0.3, 0.4) is 0 Å². The number of carboxylic acid groups (broad SMARTS) is 1. The third-order valence-corrected chi connectivity index (χ3v) is 6.71. The van der Waals surface area contributed by atoms with Crippen molar-refractivity contribution in [1.29, 1.82) is 0 Å². The molecule has 9 nitrogen and oxygen atoms in total. The third kappa shape index (κ3) is 4.73. The SMILES string of the molecule is [N-]=[N+]=N[C@@H]1[C@@H](O)[C@@H](Sc2cc(Br)ccc2C(=O)O)O[C@@H]2COC(c3ccccc3)O[C@H]12. The van der Waals surface area contributed by atoms with E-state index in [2.05, 4.69) is 26.0 Å². The smallest absolute Gasteiger partial charge is 0.336 e. The molecule has 0 aliphatic carbocycles. The predicted molar refractivity (Wildman–Crippen MR) is 115 cm³/mol. The predicted octanol–water partition coefficient (Wildman–Crippen LogP) is 4.12. The minimum atomic E-state index is -1.22.